The van der Waals surface area contributed by atoms with Gasteiger partial charge in [-0.3, -0.25) is 9.80 Å². The molecule has 53 heavy (non-hydrogen) atoms. The molecule has 0 N–H and O–H groups in total. The van der Waals surface area contributed by atoms with Gasteiger partial charge in [0, 0.05) is 61.7 Å². The number of rotatable bonds is 20. The molecule has 2 saturated heterocycles. The molecule has 0 saturated carbocycles. The van der Waals surface area contributed by atoms with Gasteiger partial charge in [0.2, 0.25) is 0 Å². The van der Waals surface area contributed by atoms with E-state index in [0.29, 0.717) is 26.4 Å². The first-order chi connectivity index (χ1) is 26.1. The van der Waals surface area contributed by atoms with Gasteiger partial charge >= 0.3 is 0 Å². The number of benzene rings is 3. The number of fused-ring (bicyclic) bond motifs is 1. The minimum Gasteiger partial charge on any atom is -0.493 e. The number of imidazole rings is 1. The van der Waals surface area contributed by atoms with Gasteiger partial charge in [-0.25, -0.2) is 4.98 Å². The molecule has 0 aliphatic carbocycles. The zero-order chi connectivity index (χ0) is 36.2. The highest BCUT2D eigenvalue weighted by molar-refractivity contribution is 6.30. The van der Waals surface area contributed by atoms with Crippen LogP contribution in [-0.2, 0) is 19.5 Å². The van der Waals surface area contributed by atoms with Crippen molar-refractivity contribution in [3.8, 4) is 34.4 Å². The van der Waals surface area contributed by atoms with Crippen LogP contribution in [-0.4, -0.2) is 89.6 Å². The SMILES string of the molecule is CCCCn1c(-c2ccc(OCCc3ccc(Cl)cc3)cc2OCCn2cccc2)nc2c(OCCN3CCCC3)cc(OCCN3CCCC3)cc21. The van der Waals surface area contributed by atoms with E-state index in [9.17, 15) is 0 Å². The van der Waals surface area contributed by atoms with Crippen LogP contribution in [0.15, 0.2) is 79.1 Å². The van der Waals surface area contributed by atoms with Gasteiger partial charge in [0.15, 0.2) is 5.75 Å². The molecule has 3 aromatic carbocycles. The van der Waals surface area contributed by atoms with E-state index in [-0.39, 0.29) is 0 Å². The van der Waals surface area contributed by atoms with Crippen molar-refractivity contribution in [2.75, 3.05) is 65.7 Å². The predicted molar refractivity (Wildman–Crippen MR) is 213 cm³/mol. The van der Waals surface area contributed by atoms with Crippen LogP contribution in [0.4, 0.5) is 0 Å². The van der Waals surface area contributed by atoms with E-state index in [4.69, 9.17) is 35.5 Å². The maximum atomic E-state index is 6.58. The smallest absolute Gasteiger partial charge is 0.150 e. The van der Waals surface area contributed by atoms with Crippen molar-refractivity contribution in [1.29, 1.82) is 0 Å². The Morgan fingerprint density at radius 1 is 0.660 bits per heavy atom. The summed E-state index contributed by atoms with van der Waals surface area (Å²) in [7, 11) is 0. The summed E-state index contributed by atoms with van der Waals surface area (Å²) in [5.41, 5.74) is 3.97. The summed E-state index contributed by atoms with van der Waals surface area (Å²) in [4.78, 5) is 10.3. The highest BCUT2D eigenvalue weighted by Crippen LogP contribution is 2.39. The topological polar surface area (TPSA) is 66.1 Å². The fourth-order valence-corrected chi connectivity index (χ4v) is 7.44. The van der Waals surface area contributed by atoms with Crippen LogP contribution in [0, 0.1) is 0 Å². The van der Waals surface area contributed by atoms with E-state index >= 15 is 0 Å². The van der Waals surface area contributed by atoms with E-state index in [2.05, 4.69) is 50.4 Å². The summed E-state index contributed by atoms with van der Waals surface area (Å²) >= 11 is 6.10. The molecule has 2 aliphatic rings. The second-order valence-electron chi connectivity index (χ2n) is 14.2. The Labute approximate surface area is 319 Å². The van der Waals surface area contributed by atoms with Crippen LogP contribution in [0.3, 0.4) is 0 Å². The number of unbranched alkanes of at least 4 members (excludes halogenated alkanes) is 1. The van der Waals surface area contributed by atoms with Gasteiger partial charge in [0.05, 0.1) is 24.2 Å². The largest absolute Gasteiger partial charge is 0.493 e. The predicted octanol–water partition coefficient (Wildman–Crippen LogP) is 8.61. The van der Waals surface area contributed by atoms with Crippen LogP contribution in [0.5, 0.6) is 23.0 Å². The Hall–Kier alpha value is -4.18. The van der Waals surface area contributed by atoms with Gasteiger partial charge < -0.3 is 28.1 Å². The minimum atomic E-state index is 0.505. The highest BCUT2D eigenvalue weighted by Gasteiger charge is 2.22. The van der Waals surface area contributed by atoms with Crippen LogP contribution in [0.2, 0.25) is 5.02 Å². The average Bonchev–Trinajstić information content (AvgIpc) is 4.01. The Morgan fingerprint density at radius 3 is 2.02 bits per heavy atom. The van der Waals surface area contributed by atoms with Crippen molar-refractivity contribution in [2.45, 2.75) is 65.0 Å². The molecular weight excluding hydrogens is 686 g/mol. The number of aromatic nitrogens is 3. The number of likely N-dealkylation sites (tertiary alicyclic amines) is 2. The van der Waals surface area contributed by atoms with Gasteiger partial charge in [-0.15, -0.1) is 0 Å². The van der Waals surface area contributed by atoms with Crippen LogP contribution in [0.25, 0.3) is 22.4 Å². The fraction of sp³-hybridized carbons (Fsp3) is 0.465. The Bertz CT molecular complexity index is 1860. The number of aryl methyl sites for hydroxylation is 1. The maximum Gasteiger partial charge on any atom is 0.150 e. The van der Waals surface area contributed by atoms with E-state index in [1.165, 1.54) is 31.2 Å². The van der Waals surface area contributed by atoms with Crippen LogP contribution >= 0.6 is 11.6 Å². The molecule has 282 valence electrons. The molecule has 2 aromatic heterocycles. The fourth-order valence-electron chi connectivity index (χ4n) is 7.31. The van der Waals surface area contributed by atoms with E-state index in [0.717, 1.165) is 122 Å². The summed E-state index contributed by atoms with van der Waals surface area (Å²) < 4.78 is 30.4. The summed E-state index contributed by atoms with van der Waals surface area (Å²) in [5.74, 6) is 3.95. The number of halogens is 1. The van der Waals surface area contributed by atoms with Crippen LogP contribution in [0.1, 0.15) is 51.0 Å². The van der Waals surface area contributed by atoms with Crippen molar-refractivity contribution in [3.63, 3.8) is 0 Å². The quantitative estimate of drug-likeness (QED) is 0.0792. The lowest BCUT2D eigenvalue weighted by Gasteiger charge is -2.17. The molecular formula is C43H54ClN5O4. The summed E-state index contributed by atoms with van der Waals surface area (Å²) in [6.07, 6.45) is 12.0. The molecule has 7 rings (SSSR count). The first-order valence-corrected chi connectivity index (χ1v) is 20.0. The molecule has 9 nitrogen and oxygen atoms in total. The molecule has 5 aromatic rings. The Kier molecular flexibility index (Phi) is 13.1. The number of nitrogens with zero attached hydrogens (tertiary/aromatic N) is 5. The molecule has 2 fully saturated rings. The van der Waals surface area contributed by atoms with E-state index in [1.54, 1.807) is 0 Å². The van der Waals surface area contributed by atoms with Gasteiger partial charge in [0.1, 0.15) is 48.4 Å². The third-order valence-corrected chi connectivity index (χ3v) is 10.6. The molecule has 4 heterocycles. The lowest BCUT2D eigenvalue weighted by Crippen LogP contribution is -2.25. The zero-order valence-electron chi connectivity index (χ0n) is 31.2. The van der Waals surface area contributed by atoms with Crippen molar-refractivity contribution in [2.24, 2.45) is 0 Å². The Balaban J connectivity index is 1.20. The van der Waals surface area contributed by atoms with Crippen molar-refractivity contribution < 1.29 is 18.9 Å². The third kappa shape index (κ3) is 10.1. The number of hydrogen-bond donors (Lipinski definition) is 0. The molecule has 10 heteroatoms. The van der Waals surface area contributed by atoms with Gasteiger partial charge in [-0.1, -0.05) is 37.1 Å². The molecule has 0 spiro atoms. The van der Waals surface area contributed by atoms with Crippen molar-refractivity contribution in [3.05, 3.63) is 89.7 Å². The zero-order valence-corrected chi connectivity index (χ0v) is 31.9. The third-order valence-electron chi connectivity index (χ3n) is 10.3. The summed E-state index contributed by atoms with van der Waals surface area (Å²) in [6, 6.07) is 22.3. The van der Waals surface area contributed by atoms with Gasteiger partial charge in [-0.2, -0.15) is 0 Å². The number of ether oxygens (including phenoxy) is 4. The summed E-state index contributed by atoms with van der Waals surface area (Å²) in [6.45, 7) is 12.5. The lowest BCUT2D eigenvalue weighted by atomic mass is 10.1. The van der Waals surface area contributed by atoms with E-state index < -0.39 is 0 Å². The second-order valence-corrected chi connectivity index (χ2v) is 14.6. The first kappa shape index (κ1) is 37.1. The van der Waals surface area contributed by atoms with Gasteiger partial charge in [0.25, 0.3) is 0 Å². The molecule has 0 radical (unpaired) electrons. The molecule has 0 amide bonds. The second kappa shape index (κ2) is 18.7. The number of hydrogen-bond acceptors (Lipinski definition) is 7. The van der Waals surface area contributed by atoms with Crippen molar-refractivity contribution in [1.82, 2.24) is 23.9 Å². The monoisotopic (exact) mass is 739 g/mol. The standard InChI is InChI=1S/C43H54ClN5O4/c1-2-3-23-49-39-31-37(51-28-24-46-17-4-5-18-46)33-41(53-30-26-48-21-8-9-22-48)42(39)45-43(49)38-15-14-36(50-27-16-34-10-12-35(44)13-11-34)32-40(38)52-29-25-47-19-6-7-20-47/h6-7,10-15,19-20,31-33H,2-5,8-9,16-18,21-30H2,1H3. The molecule has 0 bridgehead atoms. The lowest BCUT2D eigenvalue weighted by molar-refractivity contribution is 0.231. The van der Waals surface area contributed by atoms with E-state index in [1.807, 2.05) is 54.6 Å². The summed E-state index contributed by atoms with van der Waals surface area (Å²) in [5, 5.41) is 0.735. The van der Waals surface area contributed by atoms with Crippen molar-refractivity contribution >= 4 is 22.6 Å². The maximum absolute atomic E-state index is 6.58. The Morgan fingerprint density at radius 2 is 1.30 bits per heavy atom. The molecule has 0 atom stereocenters. The average molecular weight is 740 g/mol. The highest BCUT2D eigenvalue weighted by atomic mass is 35.5. The normalized spacial score (nSPS) is 15.1. The van der Waals surface area contributed by atoms with Crippen LogP contribution < -0.4 is 18.9 Å². The van der Waals surface area contributed by atoms with Gasteiger partial charge in [-0.05, 0) is 100 Å². The minimum absolute atomic E-state index is 0.505. The molecule has 0 unspecified atom stereocenters. The molecule has 2 aliphatic heterocycles. The first-order valence-electron chi connectivity index (χ1n) is 19.6.